The van der Waals surface area contributed by atoms with Crippen LogP contribution in [-0.2, 0) is 0 Å². The third kappa shape index (κ3) is 1.99. The first-order chi connectivity index (χ1) is 9.15. The van der Waals surface area contributed by atoms with Gasteiger partial charge in [-0.15, -0.1) is 0 Å². The first kappa shape index (κ1) is 11.5. The molecule has 3 aromatic rings. The number of hydrogen-bond acceptors (Lipinski definition) is 2. The number of H-pyrrole nitrogens is 1. The number of aromatic nitrogens is 1. The fourth-order valence-electron chi connectivity index (χ4n) is 2.19. The minimum absolute atomic E-state index is 0.0983. The van der Waals surface area contributed by atoms with Crippen LogP contribution in [0.1, 0.15) is 5.56 Å². The molecule has 0 saturated carbocycles. The lowest BCUT2D eigenvalue weighted by molar-refractivity contribution is 0.471. The highest BCUT2D eigenvalue weighted by atomic mass is 16.3. The van der Waals surface area contributed by atoms with Gasteiger partial charge in [-0.2, -0.15) is 0 Å². The molecule has 2 aromatic carbocycles. The van der Waals surface area contributed by atoms with Crippen molar-refractivity contribution in [1.29, 1.82) is 0 Å². The van der Waals surface area contributed by atoms with Crippen LogP contribution in [0, 0.1) is 6.92 Å². The summed E-state index contributed by atoms with van der Waals surface area (Å²) in [5.41, 5.74) is 2.33. The number of rotatable bonds is 1. The van der Waals surface area contributed by atoms with Gasteiger partial charge in [0.05, 0.1) is 0 Å². The molecule has 0 aliphatic rings. The van der Waals surface area contributed by atoms with Gasteiger partial charge in [0.1, 0.15) is 5.75 Å². The average molecular weight is 251 g/mol. The zero-order valence-corrected chi connectivity index (χ0v) is 10.5. The SMILES string of the molecule is Cc1cc(-c2cc3ccccc3c(=O)[nH]2)ccc1O. The van der Waals surface area contributed by atoms with Gasteiger partial charge in [-0.05, 0) is 53.8 Å². The van der Waals surface area contributed by atoms with E-state index in [-0.39, 0.29) is 11.3 Å². The summed E-state index contributed by atoms with van der Waals surface area (Å²) in [7, 11) is 0. The van der Waals surface area contributed by atoms with Crippen molar-refractivity contribution in [2.75, 3.05) is 0 Å². The van der Waals surface area contributed by atoms with Gasteiger partial charge in [-0.1, -0.05) is 18.2 Å². The fraction of sp³-hybridized carbons (Fsp3) is 0.0625. The van der Waals surface area contributed by atoms with Crippen molar-refractivity contribution in [3.8, 4) is 17.0 Å². The third-order valence-electron chi connectivity index (χ3n) is 3.26. The van der Waals surface area contributed by atoms with Crippen LogP contribution in [0.3, 0.4) is 0 Å². The molecular formula is C16H13NO2. The molecule has 1 heterocycles. The highest BCUT2D eigenvalue weighted by molar-refractivity contribution is 5.85. The van der Waals surface area contributed by atoms with E-state index in [1.807, 2.05) is 37.3 Å². The van der Waals surface area contributed by atoms with Crippen molar-refractivity contribution >= 4 is 10.8 Å². The molecule has 0 unspecified atom stereocenters. The smallest absolute Gasteiger partial charge is 0.256 e. The van der Waals surface area contributed by atoms with Crippen molar-refractivity contribution in [2.24, 2.45) is 0 Å². The molecule has 3 nitrogen and oxygen atoms in total. The van der Waals surface area contributed by atoms with Crippen LogP contribution in [0.15, 0.2) is 53.3 Å². The van der Waals surface area contributed by atoms with Crippen LogP contribution >= 0.6 is 0 Å². The van der Waals surface area contributed by atoms with Crippen LogP contribution < -0.4 is 5.56 Å². The lowest BCUT2D eigenvalue weighted by Crippen LogP contribution is -2.06. The fourth-order valence-corrected chi connectivity index (χ4v) is 2.19. The predicted octanol–water partition coefficient (Wildman–Crippen LogP) is 3.21. The molecule has 1 aromatic heterocycles. The van der Waals surface area contributed by atoms with Crippen LogP contribution in [-0.4, -0.2) is 10.1 Å². The van der Waals surface area contributed by atoms with E-state index in [1.165, 1.54) is 0 Å². The second-order valence-corrected chi connectivity index (χ2v) is 4.60. The van der Waals surface area contributed by atoms with Crippen molar-refractivity contribution in [1.82, 2.24) is 4.98 Å². The van der Waals surface area contributed by atoms with Gasteiger partial charge in [0.2, 0.25) is 0 Å². The van der Waals surface area contributed by atoms with E-state index in [1.54, 1.807) is 18.2 Å². The van der Waals surface area contributed by atoms with Gasteiger partial charge in [0.15, 0.2) is 0 Å². The molecule has 94 valence electrons. The highest BCUT2D eigenvalue weighted by Crippen LogP contribution is 2.25. The van der Waals surface area contributed by atoms with Crippen LogP contribution in [0.2, 0.25) is 0 Å². The van der Waals surface area contributed by atoms with Gasteiger partial charge in [0, 0.05) is 11.1 Å². The third-order valence-corrected chi connectivity index (χ3v) is 3.26. The van der Waals surface area contributed by atoms with E-state index >= 15 is 0 Å². The number of aromatic hydroxyl groups is 1. The molecule has 0 radical (unpaired) electrons. The lowest BCUT2D eigenvalue weighted by atomic mass is 10.0. The van der Waals surface area contributed by atoms with E-state index in [9.17, 15) is 9.90 Å². The summed E-state index contributed by atoms with van der Waals surface area (Å²) in [6.07, 6.45) is 0. The molecule has 0 aliphatic carbocycles. The number of fused-ring (bicyclic) bond motifs is 1. The van der Waals surface area contributed by atoms with Crippen molar-refractivity contribution in [2.45, 2.75) is 6.92 Å². The van der Waals surface area contributed by atoms with E-state index in [2.05, 4.69) is 4.98 Å². The number of nitrogens with one attached hydrogen (secondary N) is 1. The Labute approximate surface area is 110 Å². The van der Waals surface area contributed by atoms with Gasteiger partial charge in [-0.25, -0.2) is 0 Å². The number of phenols is 1. The van der Waals surface area contributed by atoms with Crippen molar-refractivity contribution in [3.63, 3.8) is 0 Å². The second-order valence-electron chi connectivity index (χ2n) is 4.60. The number of hydrogen-bond donors (Lipinski definition) is 2. The quantitative estimate of drug-likeness (QED) is 0.697. The molecule has 0 fully saturated rings. The Hall–Kier alpha value is -2.55. The minimum atomic E-state index is -0.0983. The summed E-state index contributed by atoms with van der Waals surface area (Å²) < 4.78 is 0. The Morgan fingerprint density at radius 3 is 2.63 bits per heavy atom. The molecule has 0 bridgehead atoms. The summed E-state index contributed by atoms with van der Waals surface area (Å²) >= 11 is 0. The molecule has 0 atom stereocenters. The molecule has 19 heavy (non-hydrogen) atoms. The topological polar surface area (TPSA) is 53.1 Å². The first-order valence-electron chi connectivity index (χ1n) is 6.07. The molecule has 3 rings (SSSR count). The molecule has 3 heteroatoms. The standard InChI is InChI=1S/C16H13NO2/c1-10-8-12(6-7-15(10)18)14-9-11-4-2-3-5-13(11)16(19)17-14/h2-9,18H,1H3,(H,17,19). The van der Waals surface area contributed by atoms with Crippen LogP contribution in [0.25, 0.3) is 22.0 Å². The maximum absolute atomic E-state index is 12.0. The normalized spacial score (nSPS) is 10.8. The zero-order chi connectivity index (χ0) is 13.4. The number of aromatic amines is 1. The Morgan fingerprint density at radius 2 is 1.84 bits per heavy atom. The molecular weight excluding hydrogens is 238 g/mol. The van der Waals surface area contributed by atoms with Crippen molar-refractivity contribution < 1.29 is 5.11 Å². The Balaban J connectivity index is 2.25. The predicted molar refractivity (Wildman–Crippen MR) is 76.4 cm³/mol. The molecule has 0 amide bonds. The summed E-state index contributed by atoms with van der Waals surface area (Å²) in [5.74, 6) is 0.256. The number of aryl methyl sites for hydroxylation is 1. The summed E-state index contributed by atoms with van der Waals surface area (Å²) in [5, 5.41) is 11.1. The number of phenolic OH excluding ortho intramolecular Hbond substituents is 1. The maximum Gasteiger partial charge on any atom is 0.256 e. The molecule has 0 aliphatic heterocycles. The van der Waals surface area contributed by atoms with E-state index in [0.29, 0.717) is 5.39 Å². The van der Waals surface area contributed by atoms with Gasteiger partial charge in [-0.3, -0.25) is 4.79 Å². The lowest BCUT2D eigenvalue weighted by Gasteiger charge is -2.06. The number of benzene rings is 2. The van der Waals surface area contributed by atoms with Gasteiger partial charge < -0.3 is 10.1 Å². The van der Waals surface area contributed by atoms with E-state index in [0.717, 1.165) is 22.2 Å². The molecule has 2 N–H and O–H groups in total. The molecule has 0 spiro atoms. The van der Waals surface area contributed by atoms with Crippen LogP contribution in [0.5, 0.6) is 5.75 Å². The summed E-state index contributed by atoms with van der Waals surface area (Å²) in [4.78, 5) is 14.9. The first-order valence-corrected chi connectivity index (χ1v) is 6.07. The van der Waals surface area contributed by atoms with E-state index in [4.69, 9.17) is 0 Å². The van der Waals surface area contributed by atoms with Gasteiger partial charge in [0.25, 0.3) is 5.56 Å². The van der Waals surface area contributed by atoms with Crippen molar-refractivity contribution in [3.05, 3.63) is 64.4 Å². The number of pyridine rings is 1. The van der Waals surface area contributed by atoms with Gasteiger partial charge >= 0.3 is 0 Å². The average Bonchev–Trinajstić information content (AvgIpc) is 2.42. The Kier molecular flexibility index (Phi) is 2.60. The summed E-state index contributed by atoms with van der Waals surface area (Å²) in [6, 6.07) is 14.7. The highest BCUT2D eigenvalue weighted by Gasteiger charge is 2.05. The molecule has 0 saturated heterocycles. The second kappa shape index (κ2) is 4.28. The van der Waals surface area contributed by atoms with Crippen LogP contribution in [0.4, 0.5) is 0 Å². The Morgan fingerprint density at radius 1 is 1.05 bits per heavy atom. The largest absolute Gasteiger partial charge is 0.508 e. The summed E-state index contributed by atoms with van der Waals surface area (Å²) in [6.45, 7) is 1.83. The monoisotopic (exact) mass is 251 g/mol. The zero-order valence-electron chi connectivity index (χ0n) is 10.5. The van der Waals surface area contributed by atoms with E-state index < -0.39 is 0 Å². The minimum Gasteiger partial charge on any atom is -0.508 e. The maximum atomic E-state index is 12.0. The Bertz CT molecular complexity index is 818.